The number of nitrogens with one attached hydrogen (secondary N) is 1. The van der Waals surface area contributed by atoms with Gasteiger partial charge >= 0.3 is 0 Å². The van der Waals surface area contributed by atoms with Crippen LogP contribution in [0.1, 0.15) is 31.5 Å². The SMILES string of the molecule is Cc1nccn1CCNC1CCCCC1CCl. The molecule has 2 atom stereocenters. The van der Waals surface area contributed by atoms with E-state index in [1.54, 1.807) is 0 Å². The van der Waals surface area contributed by atoms with E-state index >= 15 is 0 Å². The molecule has 1 heterocycles. The smallest absolute Gasteiger partial charge is 0.105 e. The highest BCUT2D eigenvalue weighted by molar-refractivity contribution is 6.18. The van der Waals surface area contributed by atoms with Crippen LogP contribution in [0.15, 0.2) is 12.4 Å². The summed E-state index contributed by atoms with van der Waals surface area (Å²) < 4.78 is 2.19. The Morgan fingerprint density at radius 1 is 1.47 bits per heavy atom. The van der Waals surface area contributed by atoms with E-state index in [0.29, 0.717) is 12.0 Å². The van der Waals surface area contributed by atoms with Crippen LogP contribution in [0.25, 0.3) is 0 Å². The molecule has 0 spiro atoms. The quantitative estimate of drug-likeness (QED) is 0.820. The molecule has 1 N–H and O–H groups in total. The van der Waals surface area contributed by atoms with Crippen LogP contribution in [0, 0.1) is 12.8 Å². The van der Waals surface area contributed by atoms with Gasteiger partial charge in [0, 0.05) is 37.4 Å². The van der Waals surface area contributed by atoms with Gasteiger partial charge in [0.2, 0.25) is 0 Å². The zero-order chi connectivity index (χ0) is 12.1. The number of imidazole rings is 1. The molecule has 0 radical (unpaired) electrons. The molecule has 3 nitrogen and oxygen atoms in total. The number of alkyl halides is 1. The van der Waals surface area contributed by atoms with Gasteiger partial charge in [0.05, 0.1) is 0 Å². The summed E-state index contributed by atoms with van der Waals surface area (Å²) in [6.07, 6.45) is 9.14. The molecule has 1 fully saturated rings. The molecule has 4 heteroatoms. The number of aryl methyl sites for hydroxylation is 1. The molecule has 0 saturated heterocycles. The van der Waals surface area contributed by atoms with E-state index in [1.807, 2.05) is 19.3 Å². The van der Waals surface area contributed by atoms with Gasteiger partial charge in [0.15, 0.2) is 0 Å². The molecule has 1 aromatic heterocycles. The lowest BCUT2D eigenvalue weighted by Gasteiger charge is -2.31. The molecule has 0 amide bonds. The maximum absolute atomic E-state index is 6.02. The molecular weight excluding hydrogens is 234 g/mol. The monoisotopic (exact) mass is 255 g/mol. The Morgan fingerprint density at radius 3 is 3.00 bits per heavy atom. The van der Waals surface area contributed by atoms with Crippen molar-refractivity contribution in [2.24, 2.45) is 5.92 Å². The summed E-state index contributed by atoms with van der Waals surface area (Å²) in [5.41, 5.74) is 0. The van der Waals surface area contributed by atoms with Crippen molar-refractivity contribution < 1.29 is 0 Å². The summed E-state index contributed by atoms with van der Waals surface area (Å²) in [4.78, 5) is 4.23. The van der Waals surface area contributed by atoms with Crippen molar-refractivity contribution in [3.63, 3.8) is 0 Å². The summed E-state index contributed by atoms with van der Waals surface area (Å²) >= 11 is 6.02. The first-order valence-electron chi connectivity index (χ1n) is 6.58. The average molecular weight is 256 g/mol. The predicted octanol–water partition coefficient (Wildman–Crippen LogP) is 2.58. The number of aromatic nitrogens is 2. The highest BCUT2D eigenvalue weighted by Gasteiger charge is 2.23. The van der Waals surface area contributed by atoms with Gasteiger partial charge in [0.1, 0.15) is 5.82 Å². The maximum atomic E-state index is 6.02. The standard InChI is InChI=1S/C13H22ClN3/c1-11-15-6-8-17(11)9-7-16-13-5-3-2-4-12(13)10-14/h6,8,12-13,16H,2-5,7,9-10H2,1H3. The third-order valence-electron chi connectivity index (χ3n) is 3.79. The molecule has 1 aliphatic rings. The van der Waals surface area contributed by atoms with Gasteiger partial charge in [-0.25, -0.2) is 4.98 Å². The van der Waals surface area contributed by atoms with E-state index < -0.39 is 0 Å². The summed E-state index contributed by atoms with van der Waals surface area (Å²) in [5.74, 6) is 2.54. The predicted molar refractivity (Wildman–Crippen MR) is 71.4 cm³/mol. The fourth-order valence-corrected chi connectivity index (χ4v) is 3.04. The van der Waals surface area contributed by atoms with Gasteiger partial charge in [-0.1, -0.05) is 12.8 Å². The molecule has 1 aromatic rings. The van der Waals surface area contributed by atoms with Crippen molar-refractivity contribution in [3.8, 4) is 0 Å². The highest BCUT2D eigenvalue weighted by atomic mass is 35.5. The fraction of sp³-hybridized carbons (Fsp3) is 0.769. The van der Waals surface area contributed by atoms with Crippen LogP contribution >= 0.6 is 11.6 Å². The molecule has 1 aliphatic carbocycles. The summed E-state index contributed by atoms with van der Waals surface area (Å²) in [6.45, 7) is 4.05. The number of hydrogen-bond acceptors (Lipinski definition) is 2. The van der Waals surface area contributed by atoms with E-state index in [9.17, 15) is 0 Å². The van der Waals surface area contributed by atoms with Crippen molar-refractivity contribution in [1.29, 1.82) is 0 Å². The van der Waals surface area contributed by atoms with Crippen LogP contribution < -0.4 is 5.32 Å². The van der Waals surface area contributed by atoms with E-state index in [4.69, 9.17) is 11.6 Å². The Kier molecular flexibility index (Phi) is 4.86. The number of hydrogen-bond donors (Lipinski definition) is 1. The van der Waals surface area contributed by atoms with Crippen molar-refractivity contribution in [2.75, 3.05) is 12.4 Å². The van der Waals surface area contributed by atoms with Crippen LogP contribution in [0.3, 0.4) is 0 Å². The first-order valence-corrected chi connectivity index (χ1v) is 7.12. The van der Waals surface area contributed by atoms with E-state index in [2.05, 4.69) is 14.9 Å². The summed E-state index contributed by atoms with van der Waals surface area (Å²) in [7, 11) is 0. The van der Waals surface area contributed by atoms with Gasteiger partial charge in [-0.15, -0.1) is 11.6 Å². The van der Waals surface area contributed by atoms with Gasteiger partial charge in [0.25, 0.3) is 0 Å². The second-order valence-corrected chi connectivity index (χ2v) is 5.24. The maximum Gasteiger partial charge on any atom is 0.105 e. The average Bonchev–Trinajstić information content (AvgIpc) is 2.76. The fourth-order valence-electron chi connectivity index (χ4n) is 2.67. The Hall–Kier alpha value is -0.540. The van der Waals surface area contributed by atoms with Crippen molar-refractivity contribution in [1.82, 2.24) is 14.9 Å². The lowest BCUT2D eigenvalue weighted by Crippen LogP contribution is -2.40. The lowest BCUT2D eigenvalue weighted by molar-refractivity contribution is 0.281. The van der Waals surface area contributed by atoms with Crippen LogP contribution in [0.5, 0.6) is 0 Å². The zero-order valence-corrected chi connectivity index (χ0v) is 11.3. The van der Waals surface area contributed by atoms with Gasteiger partial charge in [-0.3, -0.25) is 0 Å². The van der Waals surface area contributed by atoms with Crippen LogP contribution in [-0.2, 0) is 6.54 Å². The lowest BCUT2D eigenvalue weighted by atomic mass is 9.86. The normalized spacial score (nSPS) is 25.1. The number of nitrogens with zero attached hydrogens (tertiary/aromatic N) is 2. The second-order valence-electron chi connectivity index (χ2n) is 4.93. The minimum atomic E-state index is 0.616. The third-order valence-corrected chi connectivity index (χ3v) is 4.19. The molecule has 0 bridgehead atoms. The Balaban J connectivity index is 1.75. The Labute approximate surface area is 109 Å². The Morgan fingerprint density at radius 2 is 2.29 bits per heavy atom. The molecule has 0 aliphatic heterocycles. The van der Waals surface area contributed by atoms with Crippen molar-refractivity contribution in [2.45, 2.75) is 45.2 Å². The van der Waals surface area contributed by atoms with Gasteiger partial charge in [-0.05, 0) is 25.7 Å². The molecule has 1 saturated carbocycles. The first-order chi connectivity index (χ1) is 8.31. The van der Waals surface area contributed by atoms with E-state index in [1.165, 1.54) is 25.7 Å². The number of halogens is 1. The minimum absolute atomic E-state index is 0.616. The van der Waals surface area contributed by atoms with E-state index in [-0.39, 0.29) is 0 Å². The topological polar surface area (TPSA) is 29.9 Å². The second kappa shape index (κ2) is 6.41. The number of rotatable bonds is 5. The van der Waals surface area contributed by atoms with Crippen LogP contribution in [-0.4, -0.2) is 28.0 Å². The summed E-state index contributed by atoms with van der Waals surface area (Å²) in [6, 6.07) is 0.616. The van der Waals surface area contributed by atoms with Crippen LogP contribution in [0.2, 0.25) is 0 Å². The molecule has 17 heavy (non-hydrogen) atoms. The van der Waals surface area contributed by atoms with Crippen molar-refractivity contribution >= 4 is 11.6 Å². The first kappa shape index (κ1) is 12.9. The molecule has 2 rings (SSSR count). The molecule has 0 aromatic carbocycles. The van der Waals surface area contributed by atoms with Gasteiger partial charge < -0.3 is 9.88 Å². The van der Waals surface area contributed by atoms with Crippen molar-refractivity contribution in [3.05, 3.63) is 18.2 Å². The Bertz CT molecular complexity index is 337. The molecule has 2 unspecified atom stereocenters. The third kappa shape index (κ3) is 3.46. The molecular formula is C13H22ClN3. The van der Waals surface area contributed by atoms with E-state index in [0.717, 1.165) is 24.8 Å². The van der Waals surface area contributed by atoms with Gasteiger partial charge in [-0.2, -0.15) is 0 Å². The minimum Gasteiger partial charge on any atom is -0.334 e. The highest BCUT2D eigenvalue weighted by Crippen LogP contribution is 2.25. The zero-order valence-electron chi connectivity index (χ0n) is 10.5. The van der Waals surface area contributed by atoms with Crippen LogP contribution in [0.4, 0.5) is 0 Å². The largest absolute Gasteiger partial charge is 0.334 e. The summed E-state index contributed by atoms with van der Waals surface area (Å²) in [5, 5.41) is 3.66. The molecule has 96 valence electrons.